The number of fused-ring (bicyclic) bond motifs is 1. The van der Waals surface area contributed by atoms with Crippen LogP contribution in [0.15, 0.2) is 23.1 Å². The molecular formula is C18H18FN3O5. The van der Waals surface area contributed by atoms with Gasteiger partial charge >= 0.3 is 6.16 Å². The number of halogens is 1. The third-order valence-electron chi connectivity index (χ3n) is 5.01. The van der Waals surface area contributed by atoms with Crippen LogP contribution in [0.3, 0.4) is 0 Å². The maximum atomic E-state index is 14.8. The van der Waals surface area contributed by atoms with Gasteiger partial charge in [0.2, 0.25) is 11.8 Å². The van der Waals surface area contributed by atoms with Crippen molar-refractivity contribution in [2.75, 3.05) is 31.1 Å². The fourth-order valence-corrected chi connectivity index (χ4v) is 3.47. The van der Waals surface area contributed by atoms with Crippen LogP contribution in [0.4, 0.5) is 14.9 Å². The van der Waals surface area contributed by atoms with Crippen LogP contribution in [0.25, 0.3) is 10.9 Å². The molecule has 1 aliphatic heterocycles. The normalized spacial score (nSPS) is 17.2. The third kappa shape index (κ3) is 3.20. The van der Waals surface area contributed by atoms with E-state index in [-0.39, 0.29) is 17.2 Å². The van der Waals surface area contributed by atoms with E-state index in [1.54, 1.807) is 15.5 Å². The van der Waals surface area contributed by atoms with Gasteiger partial charge < -0.3 is 24.2 Å². The molecule has 27 heavy (non-hydrogen) atoms. The number of ether oxygens (including phenoxy) is 1. The van der Waals surface area contributed by atoms with Gasteiger partial charge in [-0.15, -0.1) is 0 Å². The average molecular weight is 375 g/mol. The van der Waals surface area contributed by atoms with Gasteiger partial charge in [-0.2, -0.15) is 0 Å². The summed E-state index contributed by atoms with van der Waals surface area (Å²) in [5, 5.41) is 8.93. The molecule has 4 rings (SSSR count). The zero-order valence-electron chi connectivity index (χ0n) is 14.4. The number of hydrogen-bond acceptors (Lipinski definition) is 5. The summed E-state index contributed by atoms with van der Waals surface area (Å²) >= 11 is 0. The van der Waals surface area contributed by atoms with Crippen LogP contribution in [0, 0.1) is 5.82 Å². The highest BCUT2D eigenvalue weighted by atomic mass is 19.1. The van der Waals surface area contributed by atoms with Crippen molar-refractivity contribution >= 4 is 29.2 Å². The first-order valence-corrected chi connectivity index (χ1v) is 8.71. The minimum Gasteiger partial charge on any atom is -0.449 e. The summed E-state index contributed by atoms with van der Waals surface area (Å²) < 4.78 is 21.2. The van der Waals surface area contributed by atoms with Crippen LogP contribution in [0.2, 0.25) is 0 Å². The second-order valence-corrected chi connectivity index (χ2v) is 6.78. The molecule has 2 aromatic rings. The van der Waals surface area contributed by atoms with E-state index in [4.69, 9.17) is 5.11 Å². The quantitative estimate of drug-likeness (QED) is 0.647. The Morgan fingerprint density at radius 1 is 1.22 bits per heavy atom. The molecule has 1 amide bonds. The minimum atomic E-state index is -1.58. The molecule has 2 aliphatic rings. The van der Waals surface area contributed by atoms with Crippen LogP contribution in [0.1, 0.15) is 18.9 Å². The van der Waals surface area contributed by atoms with Gasteiger partial charge in [0.25, 0.3) is 0 Å². The molecule has 0 bridgehead atoms. The number of carboxylic acid groups (broad SMARTS) is 1. The van der Waals surface area contributed by atoms with Gasteiger partial charge in [-0.3, -0.25) is 9.59 Å². The summed E-state index contributed by atoms with van der Waals surface area (Å²) in [6.45, 7) is 1.99. The van der Waals surface area contributed by atoms with Gasteiger partial charge in [0.1, 0.15) is 5.82 Å². The second-order valence-electron chi connectivity index (χ2n) is 6.78. The molecule has 1 aromatic carbocycles. The number of anilines is 1. The third-order valence-corrected chi connectivity index (χ3v) is 5.01. The summed E-state index contributed by atoms with van der Waals surface area (Å²) in [4.78, 5) is 37.7. The van der Waals surface area contributed by atoms with Crippen molar-refractivity contribution in [3.63, 3.8) is 0 Å². The molecule has 2 heterocycles. The topological polar surface area (TPSA) is 92.1 Å². The van der Waals surface area contributed by atoms with E-state index in [1.165, 1.54) is 6.20 Å². The molecule has 0 unspecified atom stereocenters. The van der Waals surface area contributed by atoms with Crippen molar-refractivity contribution < 1.29 is 23.8 Å². The summed E-state index contributed by atoms with van der Waals surface area (Å²) in [5.74, 6) is -0.886. The maximum absolute atomic E-state index is 14.8. The molecule has 1 saturated heterocycles. The summed E-state index contributed by atoms with van der Waals surface area (Å²) in [6, 6.07) is 2.91. The smallest absolute Gasteiger partial charge is 0.449 e. The number of aromatic nitrogens is 1. The lowest BCUT2D eigenvalue weighted by Crippen LogP contribution is -2.46. The molecule has 1 saturated carbocycles. The number of piperazine rings is 1. The number of nitrogens with zero attached hydrogens (tertiary/aromatic N) is 3. The first-order valence-electron chi connectivity index (χ1n) is 8.71. The largest absolute Gasteiger partial charge is 0.511 e. The Morgan fingerprint density at radius 2 is 1.93 bits per heavy atom. The molecule has 1 aromatic heterocycles. The van der Waals surface area contributed by atoms with Gasteiger partial charge in [0.15, 0.2) is 5.75 Å². The Labute approximate surface area is 153 Å². The standard InChI is InChI=1S/C18H18FN3O5/c19-13-7-12-14(8-15(13)21-5-3-20(10-23)4-6-21)22(11-1-2-11)9-16(17(12)24)27-18(25)26/h7-11H,1-6H2,(H,25,26). The summed E-state index contributed by atoms with van der Waals surface area (Å²) in [7, 11) is 0. The number of amides is 1. The van der Waals surface area contributed by atoms with Crippen LogP contribution < -0.4 is 15.1 Å². The maximum Gasteiger partial charge on any atom is 0.511 e. The van der Waals surface area contributed by atoms with Gasteiger partial charge in [-0.1, -0.05) is 0 Å². The van der Waals surface area contributed by atoms with E-state index in [0.717, 1.165) is 25.3 Å². The second kappa shape index (κ2) is 6.57. The Bertz CT molecular complexity index is 977. The van der Waals surface area contributed by atoms with Gasteiger partial charge in [0, 0.05) is 32.2 Å². The molecule has 8 nitrogen and oxygen atoms in total. The van der Waals surface area contributed by atoms with E-state index in [2.05, 4.69) is 4.74 Å². The zero-order valence-corrected chi connectivity index (χ0v) is 14.4. The molecule has 1 N–H and O–H groups in total. The van der Waals surface area contributed by atoms with Gasteiger partial charge in [-0.25, -0.2) is 9.18 Å². The lowest BCUT2D eigenvalue weighted by atomic mass is 10.1. The highest BCUT2D eigenvalue weighted by Gasteiger charge is 2.28. The van der Waals surface area contributed by atoms with Crippen LogP contribution in [-0.4, -0.2) is 53.3 Å². The highest BCUT2D eigenvalue weighted by Crippen LogP contribution is 2.38. The molecule has 0 spiro atoms. The summed E-state index contributed by atoms with van der Waals surface area (Å²) in [5.41, 5.74) is 0.267. The number of carbonyl (C=O) groups excluding carboxylic acids is 1. The van der Waals surface area contributed by atoms with Crippen molar-refractivity contribution in [1.82, 2.24) is 9.47 Å². The van der Waals surface area contributed by atoms with Crippen molar-refractivity contribution in [2.45, 2.75) is 18.9 Å². The zero-order chi connectivity index (χ0) is 19.1. The fraction of sp³-hybridized carbons (Fsp3) is 0.389. The first-order chi connectivity index (χ1) is 13.0. The van der Waals surface area contributed by atoms with Crippen molar-refractivity contribution in [3.05, 3.63) is 34.4 Å². The Kier molecular flexibility index (Phi) is 4.21. The van der Waals surface area contributed by atoms with Crippen molar-refractivity contribution in [1.29, 1.82) is 0 Å². The first kappa shape index (κ1) is 17.3. The minimum absolute atomic E-state index is 0.0911. The number of rotatable bonds is 4. The van der Waals surface area contributed by atoms with Crippen LogP contribution >= 0.6 is 0 Å². The molecular weight excluding hydrogens is 357 g/mol. The van der Waals surface area contributed by atoms with Gasteiger partial charge in [-0.05, 0) is 25.0 Å². The van der Waals surface area contributed by atoms with E-state index < -0.39 is 17.4 Å². The van der Waals surface area contributed by atoms with Crippen molar-refractivity contribution in [2.24, 2.45) is 0 Å². The van der Waals surface area contributed by atoms with E-state index in [1.807, 2.05) is 4.90 Å². The predicted molar refractivity (Wildman–Crippen MR) is 94.9 cm³/mol. The fourth-order valence-electron chi connectivity index (χ4n) is 3.47. The Morgan fingerprint density at radius 3 is 2.52 bits per heavy atom. The Balaban J connectivity index is 1.81. The Hall–Kier alpha value is -3.10. The average Bonchev–Trinajstić information content (AvgIpc) is 3.49. The molecule has 9 heteroatoms. The summed E-state index contributed by atoms with van der Waals surface area (Å²) in [6.07, 6.45) is 2.38. The molecule has 1 aliphatic carbocycles. The molecule has 0 radical (unpaired) electrons. The van der Waals surface area contributed by atoms with E-state index >= 15 is 0 Å². The number of hydrogen-bond donors (Lipinski definition) is 1. The van der Waals surface area contributed by atoms with E-state index in [9.17, 15) is 18.8 Å². The number of benzene rings is 1. The van der Waals surface area contributed by atoms with Gasteiger partial charge in [0.05, 0.1) is 22.8 Å². The lowest BCUT2D eigenvalue weighted by molar-refractivity contribution is -0.118. The van der Waals surface area contributed by atoms with Crippen LogP contribution in [0.5, 0.6) is 5.75 Å². The lowest BCUT2D eigenvalue weighted by Gasteiger charge is -2.34. The monoisotopic (exact) mass is 375 g/mol. The highest BCUT2D eigenvalue weighted by molar-refractivity contribution is 5.85. The molecule has 2 fully saturated rings. The van der Waals surface area contributed by atoms with Crippen molar-refractivity contribution in [3.8, 4) is 5.75 Å². The molecule has 142 valence electrons. The predicted octanol–water partition coefficient (Wildman–Crippen LogP) is 1.81. The van der Waals surface area contributed by atoms with Crippen LogP contribution in [-0.2, 0) is 4.79 Å². The number of pyridine rings is 1. The SMILES string of the molecule is O=CN1CCN(c2cc3c(cc2F)c(=O)c(OC(=O)O)cn3C2CC2)CC1. The van der Waals surface area contributed by atoms with E-state index in [0.29, 0.717) is 37.4 Å². The number of carbonyl (C=O) groups is 2. The molecule has 0 atom stereocenters.